The number of carbonyl (C=O) groups excluding carboxylic acids is 1. The quantitative estimate of drug-likeness (QED) is 0.163. The van der Waals surface area contributed by atoms with E-state index in [1.807, 2.05) is 6.92 Å². The molecule has 0 atom stereocenters. The fraction of sp³-hybridized carbons (Fsp3) is 0.600. The van der Waals surface area contributed by atoms with E-state index in [4.69, 9.17) is 4.74 Å². The number of nitrogens with zero attached hydrogens (tertiary/aromatic N) is 1. The van der Waals surface area contributed by atoms with Crippen molar-refractivity contribution < 1.29 is 14.3 Å². The van der Waals surface area contributed by atoms with Gasteiger partial charge >= 0.3 is 5.97 Å². The summed E-state index contributed by atoms with van der Waals surface area (Å²) in [5, 5.41) is 6.65. The van der Waals surface area contributed by atoms with Gasteiger partial charge in [0.25, 0.3) is 0 Å². The summed E-state index contributed by atoms with van der Waals surface area (Å²) >= 11 is 0. The van der Waals surface area contributed by atoms with Gasteiger partial charge in [0, 0.05) is 26.6 Å². The molecule has 1 rings (SSSR count). The molecule has 0 aromatic heterocycles. The highest BCUT2D eigenvalue weighted by Crippen LogP contribution is 2.18. The van der Waals surface area contributed by atoms with Crippen LogP contribution >= 0.6 is 24.0 Å². The molecule has 0 aliphatic heterocycles. The van der Waals surface area contributed by atoms with Crippen molar-refractivity contribution in [2.45, 2.75) is 45.4 Å². The highest BCUT2D eigenvalue weighted by molar-refractivity contribution is 14.0. The molecule has 0 amide bonds. The van der Waals surface area contributed by atoms with E-state index >= 15 is 0 Å². The van der Waals surface area contributed by atoms with Gasteiger partial charge in [-0.25, -0.2) is 0 Å². The van der Waals surface area contributed by atoms with E-state index in [9.17, 15) is 4.79 Å². The second kappa shape index (κ2) is 15.5. The Morgan fingerprint density at radius 2 is 1.78 bits per heavy atom. The average Bonchev–Trinajstić information content (AvgIpc) is 2.66. The summed E-state index contributed by atoms with van der Waals surface area (Å²) in [7, 11) is 4.91. The van der Waals surface area contributed by atoms with Crippen molar-refractivity contribution in [2.24, 2.45) is 4.99 Å². The molecule has 27 heavy (non-hydrogen) atoms. The molecule has 0 aliphatic carbocycles. The Hall–Kier alpha value is -1.51. The zero-order valence-corrected chi connectivity index (χ0v) is 19.3. The minimum atomic E-state index is -0.126. The SMILES string of the molecule is CN=C(NCCCCCCC(=O)OC)NCCc1ccc(C)c(OC)c1.I. The summed E-state index contributed by atoms with van der Waals surface area (Å²) < 4.78 is 9.99. The van der Waals surface area contributed by atoms with E-state index < -0.39 is 0 Å². The van der Waals surface area contributed by atoms with Crippen molar-refractivity contribution in [2.75, 3.05) is 34.4 Å². The first kappa shape index (κ1) is 25.5. The van der Waals surface area contributed by atoms with Gasteiger partial charge in [0.05, 0.1) is 14.2 Å². The molecule has 0 fully saturated rings. The van der Waals surface area contributed by atoms with Crippen molar-refractivity contribution in [1.82, 2.24) is 10.6 Å². The van der Waals surface area contributed by atoms with Crippen LogP contribution in [0.3, 0.4) is 0 Å². The number of hydrogen-bond acceptors (Lipinski definition) is 4. The second-order valence-electron chi connectivity index (χ2n) is 6.22. The lowest BCUT2D eigenvalue weighted by Gasteiger charge is -2.12. The predicted molar refractivity (Wildman–Crippen MR) is 121 cm³/mol. The van der Waals surface area contributed by atoms with Crippen LogP contribution in [0, 0.1) is 6.92 Å². The van der Waals surface area contributed by atoms with E-state index in [0.29, 0.717) is 6.42 Å². The first-order valence-corrected chi connectivity index (χ1v) is 9.25. The fourth-order valence-corrected chi connectivity index (χ4v) is 2.62. The number of benzene rings is 1. The molecule has 7 heteroatoms. The number of hydrogen-bond donors (Lipinski definition) is 2. The molecule has 1 aromatic carbocycles. The van der Waals surface area contributed by atoms with E-state index in [1.54, 1.807) is 14.2 Å². The third-order valence-electron chi connectivity index (χ3n) is 4.23. The molecule has 0 bridgehead atoms. The molecule has 0 heterocycles. The molecule has 154 valence electrons. The van der Waals surface area contributed by atoms with E-state index in [0.717, 1.165) is 62.5 Å². The van der Waals surface area contributed by atoms with E-state index in [2.05, 4.69) is 38.6 Å². The van der Waals surface area contributed by atoms with Gasteiger partial charge in [0.1, 0.15) is 5.75 Å². The summed E-state index contributed by atoms with van der Waals surface area (Å²) in [6, 6.07) is 6.30. The summed E-state index contributed by atoms with van der Waals surface area (Å²) in [4.78, 5) is 15.3. The number of rotatable bonds is 11. The number of aryl methyl sites for hydroxylation is 1. The number of ether oxygens (including phenoxy) is 2. The van der Waals surface area contributed by atoms with Crippen LogP contribution in [0.1, 0.15) is 43.2 Å². The van der Waals surface area contributed by atoms with Gasteiger partial charge in [-0.3, -0.25) is 9.79 Å². The van der Waals surface area contributed by atoms with Gasteiger partial charge in [0.15, 0.2) is 5.96 Å². The number of carbonyl (C=O) groups is 1. The zero-order valence-electron chi connectivity index (χ0n) is 17.0. The van der Waals surface area contributed by atoms with Gasteiger partial charge in [-0.1, -0.05) is 25.0 Å². The highest BCUT2D eigenvalue weighted by atomic mass is 127. The maximum absolute atomic E-state index is 11.0. The smallest absolute Gasteiger partial charge is 0.305 e. The maximum atomic E-state index is 11.0. The first-order valence-electron chi connectivity index (χ1n) is 9.25. The molecule has 0 saturated carbocycles. The molecular weight excluding hydrogens is 457 g/mol. The number of nitrogens with one attached hydrogen (secondary N) is 2. The monoisotopic (exact) mass is 491 g/mol. The molecule has 6 nitrogen and oxygen atoms in total. The van der Waals surface area contributed by atoms with Crippen LogP contribution in [0.5, 0.6) is 5.75 Å². The number of esters is 1. The van der Waals surface area contributed by atoms with Crippen LogP contribution in [0.4, 0.5) is 0 Å². The van der Waals surface area contributed by atoms with E-state index in [1.165, 1.54) is 12.7 Å². The molecule has 0 spiro atoms. The maximum Gasteiger partial charge on any atom is 0.305 e. The number of unbranched alkanes of at least 4 members (excludes halogenated alkanes) is 3. The summed E-state index contributed by atoms with van der Waals surface area (Å²) in [6.07, 6.45) is 5.49. The van der Waals surface area contributed by atoms with Gasteiger partial charge in [-0.15, -0.1) is 24.0 Å². The number of halogens is 1. The number of aliphatic imine (C=N–C) groups is 1. The summed E-state index contributed by atoms with van der Waals surface area (Å²) in [5.74, 6) is 1.62. The fourth-order valence-electron chi connectivity index (χ4n) is 2.62. The first-order chi connectivity index (χ1) is 12.6. The third kappa shape index (κ3) is 11.0. The number of guanidine groups is 1. The van der Waals surface area contributed by atoms with Crippen molar-refractivity contribution >= 4 is 35.9 Å². The molecule has 2 N–H and O–H groups in total. The Morgan fingerprint density at radius 3 is 2.44 bits per heavy atom. The molecule has 0 radical (unpaired) electrons. The standard InChI is InChI=1S/C20H33N3O3.HI/c1-16-10-11-17(15-18(16)25-3)12-14-23-20(21-2)22-13-8-6-5-7-9-19(24)26-4;/h10-11,15H,5-9,12-14H2,1-4H3,(H2,21,22,23);1H. The van der Waals surface area contributed by atoms with Gasteiger partial charge in [0.2, 0.25) is 0 Å². The Balaban J connectivity index is 0.00000676. The van der Waals surface area contributed by atoms with Crippen LogP contribution in [0.15, 0.2) is 23.2 Å². The lowest BCUT2D eigenvalue weighted by Crippen LogP contribution is -2.38. The Kier molecular flexibility index (Phi) is 14.7. The number of methoxy groups -OCH3 is 2. The van der Waals surface area contributed by atoms with Gasteiger partial charge < -0.3 is 20.1 Å². The lowest BCUT2D eigenvalue weighted by molar-refractivity contribution is -0.140. The van der Waals surface area contributed by atoms with Crippen molar-refractivity contribution in [3.05, 3.63) is 29.3 Å². The average molecular weight is 491 g/mol. The van der Waals surface area contributed by atoms with Gasteiger partial charge in [-0.05, 0) is 43.4 Å². The van der Waals surface area contributed by atoms with Crippen molar-refractivity contribution in [3.63, 3.8) is 0 Å². The van der Waals surface area contributed by atoms with Crippen LogP contribution in [0.2, 0.25) is 0 Å². The zero-order chi connectivity index (χ0) is 19.2. The Morgan fingerprint density at radius 1 is 1.07 bits per heavy atom. The van der Waals surface area contributed by atoms with Crippen LogP contribution in [-0.4, -0.2) is 46.3 Å². The normalized spacial score (nSPS) is 10.7. The third-order valence-corrected chi connectivity index (χ3v) is 4.23. The lowest BCUT2D eigenvalue weighted by atomic mass is 10.1. The molecular formula is C20H34IN3O3. The molecule has 0 saturated heterocycles. The summed E-state index contributed by atoms with van der Waals surface area (Å²) in [5.41, 5.74) is 2.38. The highest BCUT2D eigenvalue weighted by Gasteiger charge is 2.02. The minimum absolute atomic E-state index is 0. The van der Waals surface area contributed by atoms with Crippen molar-refractivity contribution in [3.8, 4) is 5.75 Å². The van der Waals surface area contributed by atoms with Crippen molar-refractivity contribution in [1.29, 1.82) is 0 Å². The van der Waals surface area contributed by atoms with E-state index in [-0.39, 0.29) is 29.9 Å². The topological polar surface area (TPSA) is 72.0 Å². The van der Waals surface area contributed by atoms with Crippen LogP contribution in [-0.2, 0) is 16.0 Å². The largest absolute Gasteiger partial charge is 0.496 e. The minimum Gasteiger partial charge on any atom is -0.496 e. The molecule has 1 aromatic rings. The Bertz CT molecular complexity index is 580. The summed E-state index contributed by atoms with van der Waals surface area (Å²) in [6.45, 7) is 3.73. The molecule has 0 aliphatic rings. The van der Waals surface area contributed by atoms with Gasteiger partial charge in [-0.2, -0.15) is 0 Å². The van der Waals surface area contributed by atoms with Crippen LogP contribution < -0.4 is 15.4 Å². The Labute approximate surface area is 180 Å². The predicted octanol–water partition coefficient (Wildman–Crippen LogP) is 3.45. The van der Waals surface area contributed by atoms with Crippen LogP contribution in [0.25, 0.3) is 0 Å². The second-order valence-corrected chi connectivity index (χ2v) is 6.22. The molecule has 0 unspecified atom stereocenters.